The number of carbonyl (C=O) groups is 1. The molecule has 0 saturated carbocycles. The molecule has 0 radical (unpaired) electrons. The Morgan fingerprint density at radius 3 is 2.39 bits per heavy atom. The van der Waals surface area contributed by atoms with Crippen LogP contribution in [0.3, 0.4) is 0 Å². The summed E-state index contributed by atoms with van der Waals surface area (Å²) in [4.78, 5) is 16.2. The first-order valence-electron chi connectivity index (χ1n) is 5.61. The highest BCUT2D eigenvalue weighted by atomic mass is 16.6. The highest BCUT2D eigenvalue weighted by Crippen LogP contribution is 2.13. The van der Waals surface area contributed by atoms with Crippen molar-refractivity contribution < 1.29 is 19.1 Å². The van der Waals surface area contributed by atoms with Crippen molar-refractivity contribution in [3.63, 3.8) is 0 Å². The van der Waals surface area contributed by atoms with E-state index in [2.05, 4.69) is 5.16 Å². The van der Waals surface area contributed by atoms with Crippen LogP contribution in [0.4, 0.5) is 0 Å². The maximum atomic E-state index is 11.4. The van der Waals surface area contributed by atoms with Gasteiger partial charge in [-0.05, 0) is 31.2 Å². The largest absolute Gasteiger partial charge is 0.497 e. The summed E-state index contributed by atoms with van der Waals surface area (Å²) in [6.07, 6.45) is 0.0774. The second-order valence-electron chi connectivity index (χ2n) is 3.43. The topological polar surface area (TPSA) is 57.1 Å². The van der Waals surface area contributed by atoms with Crippen LogP contribution in [-0.4, -0.2) is 32.5 Å². The Labute approximate surface area is 106 Å². The summed E-state index contributed by atoms with van der Waals surface area (Å²) in [5.74, 6) is 0.413. The Morgan fingerprint density at radius 2 is 1.89 bits per heavy atom. The van der Waals surface area contributed by atoms with Gasteiger partial charge >= 0.3 is 5.97 Å². The fraction of sp³-hybridized carbons (Fsp3) is 0.385. The van der Waals surface area contributed by atoms with Crippen molar-refractivity contribution in [3.05, 3.63) is 29.8 Å². The molecule has 0 spiro atoms. The van der Waals surface area contributed by atoms with Crippen LogP contribution in [0.15, 0.2) is 29.4 Å². The quantitative estimate of drug-likeness (QED) is 0.441. The monoisotopic (exact) mass is 251 g/mol. The molecular formula is C13H17NO4. The van der Waals surface area contributed by atoms with Gasteiger partial charge in [0.25, 0.3) is 0 Å². The average Bonchev–Trinajstić information content (AvgIpc) is 2.39. The van der Waals surface area contributed by atoms with Crippen LogP contribution in [0.25, 0.3) is 0 Å². The SMILES string of the molecule is CCOC(=O)CC(=NOC)c1ccc(OC)cc1. The highest BCUT2D eigenvalue weighted by Gasteiger charge is 2.11. The minimum absolute atomic E-state index is 0.0774. The lowest BCUT2D eigenvalue weighted by molar-refractivity contribution is -0.141. The van der Waals surface area contributed by atoms with Crippen molar-refractivity contribution in [3.8, 4) is 5.75 Å². The average molecular weight is 251 g/mol. The molecule has 0 N–H and O–H groups in total. The minimum atomic E-state index is -0.330. The number of rotatable bonds is 6. The zero-order chi connectivity index (χ0) is 13.4. The maximum absolute atomic E-state index is 11.4. The van der Waals surface area contributed by atoms with Crippen molar-refractivity contribution in [2.45, 2.75) is 13.3 Å². The number of hydrogen-bond acceptors (Lipinski definition) is 5. The van der Waals surface area contributed by atoms with E-state index in [-0.39, 0.29) is 12.4 Å². The maximum Gasteiger partial charge on any atom is 0.312 e. The zero-order valence-corrected chi connectivity index (χ0v) is 10.8. The van der Waals surface area contributed by atoms with Crippen molar-refractivity contribution >= 4 is 11.7 Å². The molecule has 0 atom stereocenters. The second-order valence-corrected chi connectivity index (χ2v) is 3.43. The molecule has 0 aliphatic heterocycles. The molecule has 98 valence electrons. The number of nitrogens with zero attached hydrogens (tertiary/aromatic N) is 1. The van der Waals surface area contributed by atoms with E-state index in [1.807, 2.05) is 12.1 Å². The van der Waals surface area contributed by atoms with E-state index >= 15 is 0 Å². The molecule has 0 aliphatic carbocycles. The van der Waals surface area contributed by atoms with Gasteiger partial charge in [0.15, 0.2) is 0 Å². The van der Waals surface area contributed by atoms with Gasteiger partial charge in [0.2, 0.25) is 0 Å². The predicted octanol–water partition coefficient (Wildman–Crippen LogP) is 2.00. The summed E-state index contributed by atoms with van der Waals surface area (Å²) in [5, 5.41) is 3.85. The fourth-order valence-corrected chi connectivity index (χ4v) is 1.43. The summed E-state index contributed by atoms with van der Waals surface area (Å²) < 4.78 is 9.95. The van der Waals surface area contributed by atoms with Gasteiger partial charge in [-0.2, -0.15) is 0 Å². The van der Waals surface area contributed by atoms with E-state index in [4.69, 9.17) is 14.3 Å². The van der Waals surface area contributed by atoms with E-state index in [1.54, 1.807) is 26.2 Å². The molecule has 1 aromatic carbocycles. The molecule has 0 saturated heterocycles. The number of ether oxygens (including phenoxy) is 2. The van der Waals surface area contributed by atoms with Gasteiger partial charge in [-0.25, -0.2) is 0 Å². The highest BCUT2D eigenvalue weighted by molar-refractivity contribution is 6.09. The Balaban J connectivity index is 2.84. The van der Waals surface area contributed by atoms with Gasteiger partial charge < -0.3 is 14.3 Å². The number of benzene rings is 1. The molecule has 0 bridgehead atoms. The van der Waals surface area contributed by atoms with Gasteiger partial charge in [-0.15, -0.1) is 0 Å². The first-order valence-corrected chi connectivity index (χ1v) is 5.61. The third kappa shape index (κ3) is 4.08. The van der Waals surface area contributed by atoms with Gasteiger partial charge in [-0.1, -0.05) is 5.16 Å². The molecule has 0 unspecified atom stereocenters. The summed E-state index contributed by atoms with van der Waals surface area (Å²) in [6, 6.07) is 7.23. The molecule has 0 amide bonds. The standard InChI is InChI=1S/C13H17NO4/c1-4-18-13(15)9-12(14-17-3)10-5-7-11(16-2)8-6-10/h5-8H,4,9H2,1-3H3. The van der Waals surface area contributed by atoms with Crippen LogP contribution in [0, 0.1) is 0 Å². The van der Waals surface area contributed by atoms with Crippen LogP contribution in [0.1, 0.15) is 18.9 Å². The predicted molar refractivity (Wildman–Crippen MR) is 67.8 cm³/mol. The van der Waals surface area contributed by atoms with E-state index in [0.717, 1.165) is 11.3 Å². The molecule has 1 aromatic rings. The molecule has 18 heavy (non-hydrogen) atoms. The van der Waals surface area contributed by atoms with Gasteiger partial charge in [0.1, 0.15) is 12.9 Å². The number of esters is 1. The second kappa shape index (κ2) is 7.32. The molecular weight excluding hydrogens is 234 g/mol. The van der Waals surface area contributed by atoms with Crippen molar-refractivity contribution in [2.24, 2.45) is 5.16 Å². The van der Waals surface area contributed by atoms with Crippen LogP contribution >= 0.6 is 0 Å². The Bertz CT molecular complexity index is 412. The van der Waals surface area contributed by atoms with Gasteiger partial charge in [-0.3, -0.25) is 4.79 Å². The van der Waals surface area contributed by atoms with E-state index in [9.17, 15) is 4.79 Å². The van der Waals surface area contributed by atoms with E-state index in [1.165, 1.54) is 7.11 Å². The normalized spacial score (nSPS) is 10.9. The van der Waals surface area contributed by atoms with Crippen molar-refractivity contribution in [1.29, 1.82) is 0 Å². The molecule has 0 aromatic heterocycles. The Morgan fingerprint density at radius 1 is 1.22 bits per heavy atom. The van der Waals surface area contributed by atoms with Gasteiger partial charge in [0, 0.05) is 5.56 Å². The number of carbonyl (C=O) groups excluding carboxylic acids is 1. The number of oxime groups is 1. The van der Waals surface area contributed by atoms with Gasteiger partial charge in [0.05, 0.1) is 25.8 Å². The molecule has 0 fully saturated rings. The van der Waals surface area contributed by atoms with E-state index < -0.39 is 0 Å². The molecule has 5 heteroatoms. The van der Waals surface area contributed by atoms with Crippen LogP contribution in [0.5, 0.6) is 5.75 Å². The van der Waals surface area contributed by atoms with Crippen molar-refractivity contribution in [1.82, 2.24) is 0 Å². The molecule has 0 heterocycles. The van der Waals surface area contributed by atoms with Crippen LogP contribution < -0.4 is 4.74 Å². The molecule has 0 aliphatic rings. The lowest BCUT2D eigenvalue weighted by Gasteiger charge is -2.06. The lowest BCUT2D eigenvalue weighted by Crippen LogP contribution is -2.12. The lowest BCUT2D eigenvalue weighted by atomic mass is 10.1. The molecule has 1 rings (SSSR count). The fourth-order valence-electron chi connectivity index (χ4n) is 1.43. The first kappa shape index (κ1) is 14.0. The Kier molecular flexibility index (Phi) is 5.70. The summed E-state index contributed by atoms with van der Waals surface area (Å²) in [6.45, 7) is 2.11. The van der Waals surface area contributed by atoms with E-state index in [0.29, 0.717) is 12.3 Å². The van der Waals surface area contributed by atoms with Crippen molar-refractivity contribution in [2.75, 3.05) is 20.8 Å². The summed E-state index contributed by atoms with van der Waals surface area (Å²) >= 11 is 0. The number of methoxy groups -OCH3 is 1. The minimum Gasteiger partial charge on any atom is -0.497 e. The number of hydrogen-bond donors (Lipinski definition) is 0. The van der Waals surface area contributed by atoms with Crippen LogP contribution in [0.2, 0.25) is 0 Å². The zero-order valence-electron chi connectivity index (χ0n) is 10.8. The Hall–Kier alpha value is -2.04. The van der Waals surface area contributed by atoms with Crippen LogP contribution in [-0.2, 0) is 14.4 Å². The third-order valence-electron chi connectivity index (χ3n) is 2.24. The first-order chi connectivity index (χ1) is 8.71. The smallest absolute Gasteiger partial charge is 0.312 e. The summed E-state index contributed by atoms with van der Waals surface area (Å²) in [5.41, 5.74) is 1.32. The summed E-state index contributed by atoms with van der Waals surface area (Å²) in [7, 11) is 3.03. The third-order valence-corrected chi connectivity index (χ3v) is 2.24. The molecule has 5 nitrogen and oxygen atoms in total.